The van der Waals surface area contributed by atoms with Crippen LogP contribution in [0.1, 0.15) is 39.5 Å². The lowest BCUT2D eigenvalue weighted by molar-refractivity contribution is -0.151. The SMILES string of the molecule is C=CCCNC(=O)NC1(C(=O)O)C(C)CCCC1C. The van der Waals surface area contributed by atoms with Crippen LogP contribution in [0.2, 0.25) is 0 Å². The Morgan fingerprint density at radius 3 is 2.42 bits per heavy atom. The van der Waals surface area contributed by atoms with Crippen LogP contribution >= 0.6 is 0 Å². The minimum absolute atomic E-state index is 0.0705. The lowest BCUT2D eigenvalue weighted by atomic mass is 9.67. The summed E-state index contributed by atoms with van der Waals surface area (Å²) in [6.07, 6.45) is 5.03. The molecule has 0 heterocycles. The first-order valence-electron chi connectivity index (χ1n) is 6.85. The molecule has 19 heavy (non-hydrogen) atoms. The Morgan fingerprint density at radius 1 is 1.37 bits per heavy atom. The van der Waals surface area contributed by atoms with Crippen molar-refractivity contribution >= 4 is 12.0 Å². The van der Waals surface area contributed by atoms with E-state index in [-0.39, 0.29) is 11.8 Å². The molecule has 5 heteroatoms. The Bertz CT molecular complexity index is 345. The average Bonchev–Trinajstić information content (AvgIpc) is 2.34. The molecule has 3 N–H and O–H groups in total. The summed E-state index contributed by atoms with van der Waals surface area (Å²) < 4.78 is 0. The summed E-state index contributed by atoms with van der Waals surface area (Å²) in [7, 11) is 0. The minimum atomic E-state index is -1.16. The number of carbonyl (C=O) groups excluding carboxylic acids is 1. The second-order valence-electron chi connectivity index (χ2n) is 5.37. The number of carboxylic acids is 1. The maximum Gasteiger partial charge on any atom is 0.330 e. The largest absolute Gasteiger partial charge is 0.479 e. The highest BCUT2D eigenvalue weighted by Crippen LogP contribution is 2.38. The van der Waals surface area contributed by atoms with E-state index in [0.717, 1.165) is 19.3 Å². The number of hydrogen-bond acceptors (Lipinski definition) is 2. The van der Waals surface area contributed by atoms with Crippen molar-refractivity contribution < 1.29 is 14.7 Å². The zero-order chi connectivity index (χ0) is 14.5. The van der Waals surface area contributed by atoms with Crippen molar-refractivity contribution in [1.29, 1.82) is 0 Å². The van der Waals surface area contributed by atoms with Crippen molar-refractivity contribution in [3.8, 4) is 0 Å². The predicted molar refractivity (Wildman–Crippen MR) is 73.9 cm³/mol. The van der Waals surface area contributed by atoms with Gasteiger partial charge in [-0.1, -0.05) is 26.3 Å². The Balaban J connectivity index is 2.78. The van der Waals surface area contributed by atoms with Gasteiger partial charge >= 0.3 is 12.0 Å². The van der Waals surface area contributed by atoms with Crippen LogP contribution in [0.3, 0.4) is 0 Å². The molecule has 1 saturated carbocycles. The van der Waals surface area contributed by atoms with Crippen LogP contribution in [-0.2, 0) is 4.79 Å². The molecule has 2 atom stereocenters. The number of amides is 2. The van der Waals surface area contributed by atoms with Crippen LogP contribution in [0.25, 0.3) is 0 Å². The van der Waals surface area contributed by atoms with E-state index >= 15 is 0 Å². The minimum Gasteiger partial charge on any atom is -0.479 e. The van der Waals surface area contributed by atoms with Gasteiger partial charge < -0.3 is 15.7 Å². The number of rotatable bonds is 5. The first-order chi connectivity index (χ1) is 8.95. The lowest BCUT2D eigenvalue weighted by Gasteiger charge is -2.44. The summed E-state index contributed by atoms with van der Waals surface area (Å²) in [5.74, 6) is -1.08. The number of urea groups is 1. The van der Waals surface area contributed by atoms with Crippen molar-refractivity contribution in [3.05, 3.63) is 12.7 Å². The highest BCUT2D eigenvalue weighted by Gasteiger charge is 2.51. The summed E-state index contributed by atoms with van der Waals surface area (Å²) in [4.78, 5) is 23.6. The van der Waals surface area contributed by atoms with E-state index < -0.39 is 17.5 Å². The second kappa shape index (κ2) is 6.59. The maximum atomic E-state index is 11.9. The van der Waals surface area contributed by atoms with Crippen LogP contribution in [0, 0.1) is 11.8 Å². The standard InChI is InChI=1S/C14H24N2O3/c1-4-5-9-15-13(19)16-14(12(17)18)10(2)7-6-8-11(14)3/h4,10-11H,1,5-9H2,2-3H3,(H,17,18)(H2,15,16,19). The van der Waals surface area contributed by atoms with Gasteiger partial charge in [-0.15, -0.1) is 6.58 Å². The van der Waals surface area contributed by atoms with Crippen LogP contribution in [0.4, 0.5) is 4.79 Å². The molecule has 5 nitrogen and oxygen atoms in total. The van der Waals surface area contributed by atoms with Gasteiger partial charge in [0.2, 0.25) is 0 Å². The fraction of sp³-hybridized carbons (Fsp3) is 0.714. The van der Waals surface area contributed by atoms with Crippen molar-refractivity contribution in [2.45, 2.75) is 45.1 Å². The summed E-state index contributed by atoms with van der Waals surface area (Å²) in [6.45, 7) is 7.83. The monoisotopic (exact) mass is 268 g/mol. The molecule has 2 amide bonds. The third kappa shape index (κ3) is 3.28. The lowest BCUT2D eigenvalue weighted by Crippen LogP contribution is -2.65. The van der Waals surface area contributed by atoms with Crippen LogP contribution < -0.4 is 10.6 Å². The van der Waals surface area contributed by atoms with Gasteiger partial charge in [0.1, 0.15) is 5.54 Å². The highest BCUT2D eigenvalue weighted by molar-refractivity contribution is 5.87. The third-order valence-corrected chi connectivity index (χ3v) is 4.14. The summed E-state index contributed by atoms with van der Waals surface area (Å²) in [5.41, 5.74) is -1.16. The molecule has 0 bridgehead atoms. The predicted octanol–water partition coefficient (Wildman–Crippen LogP) is 2.14. The van der Waals surface area contributed by atoms with Gasteiger partial charge in [-0.05, 0) is 31.1 Å². The van der Waals surface area contributed by atoms with Gasteiger partial charge in [0, 0.05) is 6.54 Å². The van der Waals surface area contributed by atoms with Gasteiger partial charge in [-0.25, -0.2) is 9.59 Å². The van der Waals surface area contributed by atoms with E-state index in [4.69, 9.17) is 0 Å². The molecule has 1 aliphatic rings. The van der Waals surface area contributed by atoms with Crippen LogP contribution in [0.5, 0.6) is 0 Å². The zero-order valence-electron chi connectivity index (χ0n) is 11.7. The molecular weight excluding hydrogens is 244 g/mol. The van der Waals surface area contributed by atoms with Crippen molar-refractivity contribution in [1.82, 2.24) is 10.6 Å². The van der Waals surface area contributed by atoms with Crippen LogP contribution in [-0.4, -0.2) is 29.2 Å². The van der Waals surface area contributed by atoms with Crippen LogP contribution in [0.15, 0.2) is 12.7 Å². The van der Waals surface area contributed by atoms with Gasteiger partial charge in [-0.3, -0.25) is 0 Å². The average molecular weight is 268 g/mol. The normalized spacial score (nSPS) is 30.4. The molecular formula is C14H24N2O3. The van der Waals surface area contributed by atoms with E-state index in [9.17, 15) is 14.7 Å². The molecule has 0 radical (unpaired) electrons. The van der Waals surface area contributed by atoms with E-state index in [1.165, 1.54) is 0 Å². The van der Waals surface area contributed by atoms with E-state index in [1.54, 1.807) is 6.08 Å². The topological polar surface area (TPSA) is 78.4 Å². The zero-order valence-corrected chi connectivity index (χ0v) is 11.7. The molecule has 0 aromatic carbocycles. The van der Waals surface area contributed by atoms with Gasteiger partial charge in [-0.2, -0.15) is 0 Å². The molecule has 1 aliphatic carbocycles. The van der Waals surface area contributed by atoms with E-state index in [2.05, 4.69) is 17.2 Å². The maximum absolute atomic E-state index is 11.9. The highest BCUT2D eigenvalue weighted by atomic mass is 16.4. The third-order valence-electron chi connectivity index (χ3n) is 4.14. The molecule has 0 aromatic heterocycles. The number of nitrogens with one attached hydrogen (secondary N) is 2. The number of carbonyl (C=O) groups is 2. The Hall–Kier alpha value is -1.52. The van der Waals surface area contributed by atoms with E-state index in [0.29, 0.717) is 13.0 Å². The molecule has 0 aliphatic heterocycles. The molecule has 2 unspecified atom stereocenters. The van der Waals surface area contributed by atoms with Crippen molar-refractivity contribution in [2.24, 2.45) is 11.8 Å². The summed E-state index contributed by atoms with van der Waals surface area (Å²) >= 11 is 0. The summed E-state index contributed by atoms with van der Waals surface area (Å²) in [5, 5.41) is 15.0. The Kier molecular flexibility index (Phi) is 5.39. The van der Waals surface area contributed by atoms with Gasteiger partial charge in [0.25, 0.3) is 0 Å². The number of carboxylic acid groups (broad SMARTS) is 1. The first-order valence-corrected chi connectivity index (χ1v) is 6.85. The fourth-order valence-electron chi connectivity index (χ4n) is 2.91. The molecule has 108 valence electrons. The summed E-state index contributed by atoms with van der Waals surface area (Å²) in [6, 6.07) is -0.412. The van der Waals surface area contributed by atoms with Gasteiger partial charge in [0.15, 0.2) is 0 Å². The van der Waals surface area contributed by atoms with Crippen molar-refractivity contribution in [2.75, 3.05) is 6.54 Å². The molecule has 1 fully saturated rings. The Labute approximate surface area is 114 Å². The molecule has 0 spiro atoms. The molecule has 0 saturated heterocycles. The van der Waals surface area contributed by atoms with Gasteiger partial charge in [0.05, 0.1) is 0 Å². The Morgan fingerprint density at radius 2 is 1.95 bits per heavy atom. The first kappa shape index (κ1) is 15.5. The molecule has 1 rings (SSSR count). The number of hydrogen-bond donors (Lipinski definition) is 3. The number of aliphatic carboxylic acids is 1. The molecule has 0 aromatic rings. The fourth-order valence-corrected chi connectivity index (χ4v) is 2.91. The van der Waals surface area contributed by atoms with Crippen molar-refractivity contribution in [3.63, 3.8) is 0 Å². The quantitative estimate of drug-likeness (QED) is 0.528. The van der Waals surface area contributed by atoms with E-state index in [1.807, 2.05) is 13.8 Å². The smallest absolute Gasteiger partial charge is 0.330 e. The second-order valence-corrected chi connectivity index (χ2v) is 5.37.